The van der Waals surface area contributed by atoms with Gasteiger partial charge in [-0.2, -0.15) is 18.0 Å². The maximum Gasteiger partial charge on any atom is 0.419 e. The van der Waals surface area contributed by atoms with Gasteiger partial charge in [0.2, 0.25) is 0 Å². The molecule has 1 fully saturated rings. The number of pyridine rings is 2. The zero-order valence-corrected chi connectivity index (χ0v) is 17.6. The van der Waals surface area contributed by atoms with Gasteiger partial charge in [0, 0.05) is 36.0 Å². The maximum absolute atomic E-state index is 13.1. The van der Waals surface area contributed by atoms with E-state index in [9.17, 15) is 18.0 Å². The number of urea groups is 1. The van der Waals surface area contributed by atoms with E-state index in [1.54, 1.807) is 28.9 Å². The molecule has 0 spiro atoms. The van der Waals surface area contributed by atoms with Crippen LogP contribution in [0.3, 0.4) is 0 Å². The highest BCUT2D eigenvalue weighted by atomic mass is 19.4. The van der Waals surface area contributed by atoms with Gasteiger partial charge < -0.3 is 15.5 Å². The molecule has 0 aromatic carbocycles. The van der Waals surface area contributed by atoms with Crippen molar-refractivity contribution in [1.82, 2.24) is 39.9 Å². The first-order valence-corrected chi connectivity index (χ1v) is 10.4. The molecule has 0 atom stereocenters. The number of tetrazole rings is 1. The second-order valence-corrected chi connectivity index (χ2v) is 7.86. The normalized spacial score (nSPS) is 13.9. The summed E-state index contributed by atoms with van der Waals surface area (Å²) in [7, 11) is 0. The third kappa shape index (κ3) is 4.60. The monoisotopic (exact) mass is 472 g/mol. The third-order valence-electron chi connectivity index (χ3n) is 5.26. The van der Waals surface area contributed by atoms with Gasteiger partial charge in [0.1, 0.15) is 11.5 Å². The minimum Gasteiger partial charge on any atom is -0.383 e. The molecule has 0 unspecified atom stereocenters. The number of aromatic nitrogens is 7. The van der Waals surface area contributed by atoms with Crippen molar-refractivity contribution >= 4 is 23.3 Å². The summed E-state index contributed by atoms with van der Waals surface area (Å²) in [6.07, 6.45) is 1.96. The van der Waals surface area contributed by atoms with E-state index in [1.165, 1.54) is 11.0 Å². The molecular weight excluding hydrogens is 453 g/mol. The van der Waals surface area contributed by atoms with Crippen molar-refractivity contribution in [3.05, 3.63) is 48.2 Å². The van der Waals surface area contributed by atoms with Crippen LogP contribution in [0.25, 0.3) is 16.8 Å². The Morgan fingerprint density at radius 1 is 1.21 bits per heavy atom. The Bertz CT molecular complexity index is 1360. The largest absolute Gasteiger partial charge is 0.419 e. The first kappa shape index (κ1) is 21.6. The van der Waals surface area contributed by atoms with Gasteiger partial charge in [0.05, 0.1) is 18.3 Å². The molecule has 0 radical (unpaired) electrons. The molecule has 4 N–H and O–H groups in total. The number of fused-ring (bicyclic) bond motifs is 1. The van der Waals surface area contributed by atoms with E-state index in [4.69, 9.17) is 5.73 Å². The van der Waals surface area contributed by atoms with Crippen molar-refractivity contribution in [2.75, 3.05) is 17.6 Å². The smallest absolute Gasteiger partial charge is 0.383 e. The number of nitrogen functional groups attached to an aromatic ring is 1. The second-order valence-electron chi connectivity index (χ2n) is 7.86. The van der Waals surface area contributed by atoms with Crippen molar-refractivity contribution < 1.29 is 18.0 Å². The standard InChI is InChI=1S/C20H19F3N10O/c21-20(22,23)14-7-13(8-26-17(14)24)12-3-4-16-27-15(10-32(16)9-12)28-19(34)25-5-6-33-30-18(29-31-33)11-1-2-11/h3-4,7-11H,1-2,5-6H2,(H2,24,26)(H2,25,28,34). The Balaban J connectivity index is 1.23. The number of halogens is 3. The van der Waals surface area contributed by atoms with E-state index in [-0.39, 0.29) is 17.9 Å². The molecule has 5 rings (SSSR count). The average Bonchev–Trinajstić information content (AvgIpc) is 3.39. The molecule has 1 aliphatic rings. The number of carbonyl (C=O) groups excluding carboxylic acids is 1. The van der Waals surface area contributed by atoms with Crippen molar-refractivity contribution in [2.45, 2.75) is 31.5 Å². The zero-order chi connectivity index (χ0) is 23.9. The highest BCUT2D eigenvalue weighted by molar-refractivity contribution is 5.88. The molecule has 1 aliphatic carbocycles. The first-order chi connectivity index (χ1) is 16.3. The second kappa shape index (κ2) is 8.28. The summed E-state index contributed by atoms with van der Waals surface area (Å²) >= 11 is 0. The summed E-state index contributed by atoms with van der Waals surface area (Å²) in [6.45, 7) is 0.659. The minimum atomic E-state index is -4.61. The van der Waals surface area contributed by atoms with E-state index in [0.717, 1.165) is 24.7 Å². The summed E-state index contributed by atoms with van der Waals surface area (Å²) in [5.74, 6) is 0.831. The number of imidazole rings is 1. The number of hydrogen-bond donors (Lipinski definition) is 3. The maximum atomic E-state index is 13.1. The van der Waals surface area contributed by atoms with Crippen LogP contribution >= 0.6 is 0 Å². The fraction of sp³-hybridized carbons (Fsp3) is 0.300. The van der Waals surface area contributed by atoms with Gasteiger partial charge in [-0.25, -0.2) is 14.8 Å². The fourth-order valence-electron chi connectivity index (χ4n) is 3.37. The van der Waals surface area contributed by atoms with Crippen LogP contribution in [0.4, 0.5) is 29.6 Å². The van der Waals surface area contributed by atoms with Crippen molar-refractivity contribution in [1.29, 1.82) is 0 Å². The topological polar surface area (TPSA) is 141 Å². The first-order valence-electron chi connectivity index (χ1n) is 10.4. The van der Waals surface area contributed by atoms with E-state index >= 15 is 0 Å². The van der Waals surface area contributed by atoms with Crippen LogP contribution in [-0.4, -0.2) is 47.2 Å². The van der Waals surface area contributed by atoms with Crippen LogP contribution in [-0.2, 0) is 12.7 Å². The lowest BCUT2D eigenvalue weighted by Crippen LogP contribution is -2.32. The number of carbonyl (C=O) groups is 1. The van der Waals surface area contributed by atoms with Crippen LogP contribution in [0.5, 0.6) is 0 Å². The lowest BCUT2D eigenvalue weighted by atomic mass is 10.1. The van der Waals surface area contributed by atoms with Gasteiger partial charge in [0.25, 0.3) is 0 Å². The predicted molar refractivity (Wildman–Crippen MR) is 115 cm³/mol. The van der Waals surface area contributed by atoms with E-state index < -0.39 is 23.6 Å². The van der Waals surface area contributed by atoms with E-state index in [1.807, 2.05) is 0 Å². The fourth-order valence-corrected chi connectivity index (χ4v) is 3.37. The quantitative estimate of drug-likeness (QED) is 0.392. The van der Waals surface area contributed by atoms with Crippen LogP contribution in [0.15, 0.2) is 36.8 Å². The van der Waals surface area contributed by atoms with Crippen molar-refractivity contribution in [3.8, 4) is 11.1 Å². The lowest BCUT2D eigenvalue weighted by Gasteiger charge is -2.11. The third-order valence-corrected chi connectivity index (χ3v) is 5.26. The summed E-state index contributed by atoms with van der Waals surface area (Å²) in [5.41, 5.74) is 5.59. The van der Waals surface area contributed by atoms with Crippen molar-refractivity contribution in [2.24, 2.45) is 0 Å². The molecular formula is C20H19F3N10O. The molecule has 0 aliphatic heterocycles. The van der Waals surface area contributed by atoms with Gasteiger partial charge in [-0.15, -0.1) is 10.2 Å². The number of nitrogens with two attached hydrogens (primary N) is 1. The van der Waals surface area contributed by atoms with Crippen LogP contribution in [0.1, 0.15) is 30.1 Å². The van der Waals surface area contributed by atoms with Gasteiger partial charge in [-0.05, 0) is 36.3 Å². The number of rotatable bonds is 6. The lowest BCUT2D eigenvalue weighted by molar-refractivity contribution is -0.137. The van der Waals surface area contributed by atoms with Crippen molar-refractivity contribution in [3.63, 3.8) is 0 Å². The Morgan fingerprint density at radius 3 is 2.79 bits per heavy atom. The molecule has 4 aromatic heterocycles. The van der Waals surface area contributed by atoms with E-state index in [0.29, 0.717) is 23.7 Å². The Kier molecular flexibility index (Phi) is 5.26. The van der Waals surface area contributed by atoms with Gasteiger partial charge in [-0.3, -0.25) is 5.32 Å². The summed E-state index contributed by atoms with van der Waals surface area (Å²) in [6, 6.07) is 3.71. The molecule has 176 valence electrons. The number of anilines is 2. The van der Waals surface area contributed by atoms with Gasteiger partial charge >= 0.3 is 12.2 Å². The molecule has 4 aromatic rings. The summed E-state index contributed by atoms with van der Waals surface area (Å²) in [5, 5.41) is 17.5. The van der Waals surface area contributed by atoms with Gasteiger partial charge in [0.15, 0.2) is 11.6 Å². The number of amides is 2. The van der Waals surface area contributed by atoms with E-state index in [2.05, 4.69) is 36.0 Å². The van der Waals surface area contributed by atoms with Gasteiger partial charge in [-0.1, -0.05) is 0 Å². The van der Waals surface area contributed by atoms with Crippen LogP contribution < -0.4 is 16.4 Å². The molecule has 0 saturated heterocycles. The highest BCUT2D eigenvalue weighted by Crippen LogP contribution is 2.37. The minimum absolute atomic E-state index is 0.246. The Morgan fingerprint density at radius 2 is 2.03 bits per heavy atom. The molecule has 4 heterocycles. The Hall–Kier alpha value is -4.23. The molecule has 1 saturated carbocycles. The number of hydrogen-bond acceptors (Lipinski definition) is 7. The average molecular weight is 472 g/mol. The van der Waals surface area contributed by atoms with Crippen LogP contribution in [0.2, 0.25) is 0 Å². The summed E-state index contributed by atoms with van der Waals surface area (Å²) in [4.78, 5) is 21.6. The molecule has 14 heteroatoms. The molecule has 34 heavy (non-hydrogen) atoms. The SMILES string of the molecule is Nc1ncc(-c2ccc3nc(NC(=O)NCCn4nnc(C5CC5)n4)cn3c2)cc1C(F)(F)F. The number of nitrogens with one attached hydrogen (secondary N) is 2. The zero-order valence-electron chi connectivity index (χ0n) is 17.6. The number of alkyl halides is 3. The van der Waals surface area contributed by atoms with Crippen LogP contribution in [0, 0.1) is 0 Å². The Labute approximate surface area is 190 Å². The molecule has 11 nitrogen and oxygen atoms in total. The number of nitrogens with zero attached hydrogens (tertiary/aromatic N) is 7. The molecule has 0 bridgehead atoms. The molecule has 2 amide bonds. The predicted octanol–water partition coefficient (Wildman–Crippen LogP) is 2.68. The highest BCUT2D eigenvalue weighted by Gasteiger charge is 2.34. The summed E-state index contributed by atoms with van der Waals surface area (Å²) < 4.78 is 41.0.